The SMILES string of the molecule is CC1CC(C)CC(C(=O)C2(C)CCCN2)C1. The number of ketones is 1. The normalized spacial score (nSPS) is 44.6. The molecule has 92 valence electrons. The quantitative estimate of drug-likeness (QED) is 0.780. The summed E-state index contributed by atoms with van der Waals surface area (Å²) in [6.45, 7) is 7.70. The molecule has 0 radical (unpaired) electrons. The van der Waals surface area contributed by atoms with E-state index in [2.05, 4.69) is 26.1 Å². The van der Waals surface area contributed by atoms with E-state index in [-0.39, 0.29) is 5.54 Å². The Morgan fingerprint density at radius 1 is 1.19 bits per heavy atom. The molecule has 2 aliphatic rings. The van der Waals surface area contributed by atoms with Crippen molar-refractivity contribution in [1.82, 2.24) is 5.32 Å². The van der Waals surface area contributed by atoms with Crippen LogP contribution in [-0.2, 0) is 4.79 Å². The van der Waals surface area contributed by atoms with Crippen LogP contribution in [-0.4, -0.2) is 17.9 Å². The van der Waals surface area contributed by atoms with Crippen LogP contribution >= 0.6 is 0 Å². The molecule has 1 saturated carbocycles. The monoisotopic (exact) mass is 223 g/mol. The van der Waals surface area contributed by atoms with Gasteiger partial charge in [-0.15, -0.1) is 0 Å². The Hall–Kier alpha value is -0.370. The van der Waals surface area contributed by atoms with Crippen LogP contribution in [0.25, 0.3) is 0 Å². The summed E-state index contributed by atoms with van der Waals surface area (Å²) in [6, 6.07) is 0. The third kappa shape index (κ3) is 2.32. The molecule has 2 fully saturated rings. The molecule has 3 atom stereocenters. The van der Waals surface area contributed by atoms with Gasteiger partial charge in [0.25, 0.3) is 0 Å². The number of Topliss-reactive ketones (excluding diaryl/α,β-unsaturated/α-hetero) is 1. The minimum atomic E-state index is -0.207. The standard InChI is InChI=1S/C14H25NO/c1-10-7-11(2)9-12(8-10)13(16)14(3)5-4-6-15-14/h10-12,15H,4-9H2,1-3H3. The Morgan fingerprint density at radius 3 is 2.31 bits per heavy atom. The second-order valence-electron chi connectivity index (χ2n) is 6.34. The summed E-state index contributed by atoms with van der Waals surface area (Å²) in [5.74, 6) is 2.25. The maximum absolute atomic E-state index is 12.6. The lowest BCUT2D eigenvalue weighted by Gasteiger charge is -2.35. The fourth-order valence-corrected chi connectivity index (χ4v) is 3.72. The van der Waals surface area contributed by atoms with Crippen molar-refractivity contribution >= 4 is 5.78 Å². The van der Waals surface area contributed by atoms with Crippen LogP contribution in [0.2, 0.25) is 0 Å². The molecular weight excluding hydrogens is 198 g/mol. The first-order chi connectivity index (χ1) is 7.51. The van der Waals surface area contributed by atoms with E-state index < -0.39 is 0 Å². The van der Waals surface area contributed by atoms with Gasteiger partial charge in [0.05, 0.1) is 5.54 Å². The summed E-state index contributed by atoms with van der Waals surface area (Å²) in [4.78, 5) is 12.6. The first-order valence-corrected chi connectivity index (χ1v) is 6.80. The van der Waals surface area contributed by atoms with Gasteiger partial charge in [-0.25, -0.2) is 0 Å². The van der Waals surface area contributed by atoms with Gasteiger partial charge in [0.2, 0.25) is 0 Å². The van der Waals surface area contributed by atoms with Gasteiger partial charge < -0.3 is 5.32 Å². The molecule has 1 aliphatic heterocycles. The smallest absolute Gasteiger partial charge is 0.155 e. The summed E-state index contributed by atoms with van der Waals surface area (Å²) in [7, 11) is 0. The zero-order valence-electron chi connectivity index (χ0n) is 10.9. The van der Waals surface area contributed by atoms with E-state index >= 15 is 0 Å². The average molecular weight is 223 g/mol. The maximum Gasteiger partial charge on any atom is 0.155 e. The lowest BCUT2D eigenvalue weighted by molar-refractivity contribution is -0.130. The molecule has 16 heavy (non-hydrogen) atoms. The summed E-state index contributed by atoms with van der Waals surface area (Å²) in [5.41, 5.74) is -0.207. The highest BCUT2D eigenvalue weighted by molar-refractivity contribution is 5.90. The molecule has 0 spiro atoms. The molecular formula is C14H25NO. The topological polar surface area (TPSA) is 29.1 Å². The predicted octanol–water partition coefficient (Wildman–Crippen LogP) is 2.77. The molecule has 1 aliphatic carbocycles. The van der Waals surface area contributed by atoms with Gasteiger partial charge in [-0.2, -0.15) is 0 Å². The van der Waals surface area contributed by atoms with Crippen LogP contribution < -0.4 is 5.32 Å². The van der Waals surface area contributed by atoms with Gasteiger partial charge in [-0.3, -0.25) is 4.79 Å². The molecule has 1 N–H and O–H groups in total. The first kappa shape index (κ1) is 12.1. The van der Waals surface area contributed by atoms with Gasteiger partial charge in [0.1, 0.15) is 0 Å². The molecule has 0 aromatic rings. The molecule has 0 bridgehead atoms. The van der Waals surface area contributed by atoms with Crippen molar-refractivity contribution in [3.8, 4) is 0 Å². The van der Waals surface area contributed by atoms with Crippen LogP contribution in [0.5, 0.6) is 0 Å². The van der Waals surface area contributed by atoms with Crippen molar-refractivity contribution in [2.75, 3.05) is 6.54 Å². The van der Waals surface area contributed by atoms with Gasteiger partial charge in [0.15, 0.2) is 5.78 Å². The van der Waals surface area contributed by atoms with E-state index in [0.717, 1.165) is 44.1 Å². The van der Waals surface area contributed by atoms with Crippen molar-refractivity contribution in [2.24, 2.45) is 17.8 Å². The third-order valence-electron chi connectivity index (χ3n) is 4.46. The van der Waals surface area contributed by atoms with Gasteiger partial charge in [-0.1, -0.05) is 13.8 Å². The Bertz CT molecular complexity index is 258. The summed E-state index contributed by atoms with van der Waals surface area (Å²) in [5, 5.41) is 3.41. The minimum Gasteiger partial charge on any atom is -0.305 e. The van der Waals surface area contributed by atoms with Crippen LogP contribution in [0.3, 0.4) is 0 Å². The van der Waals surface area contributed by atoms with Crippen LogP contribution in [0.1, 0.15) is 52.9 Å². The number of carbonyl (C=O) groups is 1. The second kappa shape index (κ2) is 4.48. The fraction of sp³-hybridized carbons (Fsp3) is 0.929. The van der Waals surface area contributed by atoms with Crippen molar-refractivity contribution in [3.63, 3.8) is 0 Å². The molecule has 1 saturated heterocycles. The average Bonchev–Trinajstić information content (AvgIpc) is 2.64. The number of hydrogen-bond acceptors (Lipinski definition) is 2. The molecule has 2 heteroatoms. The predicted molar refractivity (Wildman–Crippen MR) is 66.3 cm³/mol. The van der Waals surface area contributed by atoms with E-state index in [1.165, 1.54) is 6.42 Å². The summed E-state index contributed by atoms with van der Waals surface area (Å²) >= 11 is 0. The maximum atomic E-state index is 12.6. The van der Waals surface area contributed by atoms with E-state index in [1.807, 2.05) is 0 Å². The number of hydrogen-bond donors (Lipinski definition) is 1. The largest absolute Gasteiger partial charge is 0.305 e. The van der Waals surface area contributed by atoms with E-state index in [1.54, 1.807) is 0 Å². The van der Waals surface area contributed by atoms with Crippen LogP contribution in [0.4, 0.5) is 0 Å². The van der Waals surface area contributed by atoms with Crippen molar-refractivity contribution in [3.05, 3.63) is 0 Å². The Labute approximate surface area is 99.2 Å². The van der Waals surface area contributed by atoms with E-state index in [9.17, 15) is 4.79 Å². The second-order valence-corrected chi connectivity index (χ2v) is 6.34. The lowest BCUT2D eigenvalue weighted by Crippen LogP contribution is -2.49. The molecule has 0 aromatic carbocycles. The molecule has 0 amide bonds. The lowest BCUT2D eigenvalue weighted by atomic mass is 9.71. The van der Waals surface area contributed by atoms with Gasteiger partial charge >= 0.3 is 0 Å². The van der Waals surface area contributed by atoms with Gasteiger partial charge in [0, 0.05) is 5.92 Å². The van der Waals surface area contributed by atoms with Crippen molar-refractivity contribution < 1.29 is 4.79 Å². The molecule has 2 nitrogen and oxygen atoms in total. The molecule has 2 rings (SSSR count). The molecule has 0 aromatic heterocycles. The minimum absolute atomic E-state index is 0.207. The van der Waals surface area contributed by atoms with E-state index in [0.29, 0.717) is 11.7 Å². The zero-order chi connectivity index (χ0) is 11.8. The highest BCUT2D eigenvalue weighted by Crippen LogP contribution is 2.36. The highest BCUT2D eigenvalue weighted by atomic mass is 16.1. The van der Waals surface area contributed by atoms with Gasteiger partial charge in [-0.05, 0) is 57.4 Å². The van der Waals surface area contributed by atoms with Crippen molar-refractivity contribution in [2.45, 2.75) is 58.4 Å². The number of carbonyl (C=O) groups excluding carboxylic acids is 1. The first-order valence-electron chi connectivity index (χ1n) is 6.80. The van der Waals surface area contributed by atoms with Crippen LogP contribution in [0, 0.1) is 17.8 Å². The fourth-order valence-electron chi connectivity index (χ4n) is 3.72. The van der Waals surface area contributed by atoms with E-state index in [4.69, 9.17) is 0 Å². The number of nitrogens with one attached hydrogen (secondary N) is 1. The van der Waals surface area contributed by atoms with Crippen molar-refractivity contribution in [1.29, 1.82) is 0 Å². The summed E-state index contributed by atoms with van der Waals surface area (Å²) < 4.78 is 0. The Kier molecular flexibility index (Phi) is 3.39. The molecule has 3 unspecified atom stereocenters. The summed E-state index contributed by atoms with van der Waals surface area (Å²) in [6.07, 6.45) is 5.71. The highest BCUT2D eigenvalue weighted by Gasteiger charge is 2.41. The Balaban J connectivity index is 2.03. The zero-order valence-corrected chi connectivity index (χ0v) is 10.9. The third-order valence-corrected chi connectivity index (χ3v) is 4.46. The number of rotatable bonds is 2. The molecule has 1 heterocycles. The van der Waals surface area contributed by atoms with Crippen LogP contribution in [0.15, 0.2) is 0 Å². The Morgan fingerprint density at radius 2 is 1.81 bits per heavy atom.